The van der Waals surface area contributed by atoms with E-state index in [9.17, 15) is 4.79 Å². The van der Waals surface area contributed by atoms with E-state index in [2.05, 4.69) is 6.58 Å². The molecular weight excluding hydrogens is 148 g/mol. The van der Waals surface area contributed by atoms with Crippen molar-refractivity contribution < 1.29 is 4.79 Å². The minimum Gasteiger partial charge on any atom is -0.300 e. The van der Waals surface area contributed by atoms with Gasteiger partial charge in [0.15, 0.2) is 0 Å². The van der Waals surface area contributed by atoms with Crippen molar-refractivity contribution in [2.45, 2.75) is 44.9 Å². The third-order valence-corrected chi connectivity index (χ3v) is 2.60. The van der Waals surface area contributed by atoms with Crippen LogP contribution in [0.3, 0.4) is 0 Å². The maximum absolute atomic E-state index is 11.1. The Balaban J connectivity index is 2.14. The molecule has 0 N–H and O–H groups in total. The summed E-state index contributed by atoms with van der Waals surface area (Å²) >= 11 is 0. The lowest BCUT2D eigenvalue weighted by atomic mass is 9.85. The first kappa shape index (κ1) is 9.50. The molecule has 0 amide bonds. The second kappa shape index (κ2) is 5.13. The highest BCUT2D eigenvalue weighted by Crippen LogP contribution is 2.25. The third-order valence-electron chi connectivity index (χ3n) is 2.60. The Hall–Kier alpha value is -0.590. The van der Waals surface area contributed by atoms with Crippen LogP contribution in [0.25, 0.3) is 0 Å². The van der Waals surface area contributed by atoms with Crippen LogP contribution in [0.4, 0.5) is 0 Å². The molecule has 68 valence electrons. The zero-order chi connectivity index (χ0) is 8.81. The fourth-order valence-corrected chi connectivity index (χ4v) is 1.91. The molecule has 0 aromatic heterocycles. The van der Waals surface area contributed by atoms with Crippen LogP contribution in [0.15, 0.2) is 12.7 Å². The van der Waals surface area contributed by atoms with Crippen molar-refractivity contribution in [1.82, 2.24) is 0 Å². The van der Waals surface area contributed by atoms with Gasteiger partial charge in [0.1, 0.15) is 5.78 Å². The van der Waals surface area contributed by atoms with Crippen LogP contribution >= 0.6 is 0 Å². The second-order valence-electron chi connectivity index (χ2n) is 3.72. The highest BCUT2D eigenvalue weighted by Gasteiger charge is 2.18. The molecule has 1 nitrogen and oxygen atoms in total. The molecule has 1 fully saturated rings. The van der Waals surface area contributed by atoms with Crippen LogP contribution < -0.4 is 0 Å². The van der Waals surface area contributed by atoms with Gasteiger partial charge < -0.3 is 0 Å². The van der Waals surface area contributed by atoms with E-state index in [4.69, 9.17) is 0 Å². The Morgan fingerprint density at radius 2 is 2.42 bits per heavy atom. The minimum absolute atomic E-state index is 0.477. The summed E-state index contributed by atoms with van der Waals surface area (Å²) in [6, 6.07) is 0. The summed E-state index contributed by atoms with van der Waals surface area (Å²) < 4.78 is 0. The molecule has 0 saturated heterocycles. The van der Waals surface area contributed by atoms with Crippen LogP contribution in [0.2, 0.25) is 0 Å². The van der Waals surface area contributed by atoms with E-state index >= 15 is 0 Å². The number of allylic oxidation sites excluding steroid dienone is 1. The van der Waals surface area contributed by atoms with Crippen molar-refractivity contribution in [3.8, 4) is 0 Å². The standard InChI is InChI=1S/C11H18O/c1-2-3-4-6-10-7-5-8-11(12)9-10/h2,10H,1,3-9H2. The Morgan fingerprint density at radius 1 is 1.58 bits per heavy atom. The first-order valence-corrected chi connectivity index (χ1v) is 4.95. The lowest BCUT2D eigenvalue weighted by Crippen LogP contribution is -2.14. The van der Waals surface area contributed by atoms with Crippen molar-refractivity contribution >= 4 is 5.78 Å². The Labute approximate surface area is 74.9 Å². The molecule has 1 aliphatic carbocycles. The van der Waals surface area contributed by atoms with E-state index in [1.165, 1.54) is 19.3 Å². The first-order chi connectivity index (χ1) is 5.83. The summed E-state index contributed by atoms with van der Waals surface area (Å²) in [6.07, 6.45) is 9.56. The zero-order valence-corrected chi connectivity index (χ0v) is 7.72. The summed E-state index contributed by atoms with van der Waals surface area (Å²) in [5.41, 5.74) is 0. The number of hydrogen-bond acceptors (Lipinski definition) is 1. The maximum Gasteiger partial charge on any atom is 0.133 e. The van der Waals surface area contributed by atoms with Gasteiger partial charge in [-0.05, 0) is 38.0 Å². The van der Waals surface area contributed by atoms with Gasteiger partial charge in [0.2, 0.25) is 0 Å². The highest BCUT2D eigenvalue weighted by atomic mass is 16.1. The third kappa shape index (κ3) is 3.21. The predicted molar refractivity (Wildman–Crippen MR) is 51.0 cm³/mol. The van der Waals surface area contributed by atoms with Crippen molar-refractivity contribution in [2.24, 2.45) is 5.92 Å². The molecular formula is C11H18O. The molecule has 0 aromatic rings. The average molecular weight is 166 g/mol. The van der Waals surface area contributed by atoms with Gasteiger partial charge in [-0.1, -0.05) is 6.08 Å². The highest BCUT2D eigenvalue weighted by molar-refractivity contribution is 5.79. The van der Waals surface area contributed by atoms with Gasteiger partial charge in [-0.3, -0.25) is 4.79 Å². The number of hydrogen-bond donors (Lipinski definition) is 0. The normalized spacial score (nSPS) is 24.0. The molecule has 0 aliphatic heterocycles. The number of ketones is 1. The van der Waals surface area contributed by atoms with Crippen LogP contribution in [0.5, 0.6) is 0 Å². The topological polar surface area (TPSA) is 17.1 Å². The molecule has 1 heteroatoms. The van der Waals surface area contributed by atoms with Crippen LogP contribution in [0, 0.1) is 5.92 Å². The summed E-state index contributed by atoms with van der Waals surface area (Å²) in [6.45, 7) is 3.69. The average Bonchev–Trinajstić information content (AvgIpc) is 2.05. The van der Waals surface area contributed by atoms with Gasteiger partial charge in [-0.25, -0.2) is 0 Å². The SMILES string of the molecule is C=CCCCC1CCCC(=O)C1. The van der Waals surface area contributed by atoms with Gasteiger partial charge in [-0.2, -0.15) is 0 Å². The molecule has 0 spiro atoms. The van der Waals surface area contributed by atoms with Crippen LogP contribution in [0.1, 0.15) is 44.9 Å². The van der Waals surface area contributed by atoms with Crippen molar-refractivity contribution in [1.29, 1.82) is 0 Å². The first-order valence-electron chi connectivity index (χ1n) is 4.95. The fraction of sp³-hybridized carbons (Fsp3) is 0.727. The number of unbranched alkanes of at least 4 members (excludes halogenated alkanes) is 1. The zero-order valence-electron chi connectivity index (χ0n) is 7.72. The Bertz CT molecular complexity index is 160. The Kier molecular flexibility index (Phi) is 4.06. The minimum atomic E-state index is 0.477. The van der Waals surface area contributed by atoms with E-state index in [0.717, 1.165) is 25.7 Å². The molecule has 0 bridgehead atoms. The van der Waals surface area contributed by atoms with Gasteiger partial charge in [0.25, 0.3) is 0 Å². The van der Waals surface area contributed by atoms with Crippen molar-refractivity contribution in [3.05, 3.63) is 12.7 Å². The maximum atomic E-state index is 11.1. The van der Waals surface area contributed by atoms with Gasteiger partial charge in [0, 0.05) is 12.8 Å². The lowest BCUT2D eigenvalue weighted by molar-refractivity contribution is -0.121. The number of carbonyl (C=O) groups is 1. The molecule has 1 unspecified atom stereocenters. The van der Waals surface area contributed by atoms with Crippen LogP contribution in [-0.2, 0) is 4.79 Å². The summed E-state index contributed by atoms with van der Waals surface area (Å²) in [5, 5.41) is 0. The van der Waals surface area contributed by atoms with E-state index in [1.807, 2.05) is 6.08 Å². The molecule has 1 saturated carbocycles. The predicted octanol–water partition coefficient (Wildman–Crippen LogP) is 3.10. The summed E-state index contributed by atoms with van der Waals surface area (Å²) in [7, 11) is 0. The fourth-order valence-electron chi connectivity index (χ4n) is 1.91. The van der Waals surface area contributed by atoms with Crippen molar-refractivity contribution in [2.75, 3.05) is 0 Å². The summed E-state index contributed by atoms with van der Waals surface area (Å²) in [5.74, 6) is 1.16. The van der Waals surface area contributed by atoms with Crippen molar-refractivity contribution in [3.63, 3.8) is 0 Å². The van der Waals surface area contributed by atoms with E-state index in [0.29, 0.717) is 11.7 Å². The lowest BCUT2D eigenvalue weighted by Gasteiger charge is -2.19. The van der Waals surface area contributed by atoms with Gasteiger partial charge in [0.05, 0.1) is 0 Å². The van der Waals surface area contributed by atoms with E-state index < -0.39 is 0 Å². The largest absolute Gasteiger partial charge is 0.300 e. The Morgan fingerprint density at radius 3 is 3.08 bits per heavy atom. The van der Waals surface area contributed by atoms with Gasteiger partial charge >= 0.3 is 0 Å². The van der Waals surface area contributed by atoms with E-state index in [-0.39, 0.29) is 0 Å². The van der Waals surface area contributed by atoms with Crippen LogP contribution in [-0.4, -0.2) is 5.78 Å². The molecule has 0 radical (unpaired) electrons. The quantitative estimate of drug-likeness (QED) is 0.463. The van der Waals surface area contributed by atoms with E-state index in [1.54, 1.807) is 0 Å². The molecule has 12 heavy (non-hydrogen) atoms. The number of rotatable bonds is 4. The van der Waals surface area contributed by atoms with Gasteiger partial charge in [-0.15, -0.1) is 6.58 Å². The monoisotopic (exact) mass is 166 g/mol. The molecule has 0 aromatic carbocycles. The molecule has 1 rings (SSSR count). The molecule has 0 heterocycles. The summed E-state index contributed by atoms with van der Waals surface area (Å²) in [4.78, 5) is 11.1. The second-order valence-corrected chi connectivity index (χ2v) is 3.72. The number of carbonyl (C=O) groups excluding carboxylic acids is 1. The molecule has 1 aliphatic rings. The number of Topliss-reactive ketones (excluding diaryl/α,β-unsaturated/α-hetero) is 1. The molecule has 1 atom stereocenters. The smallest absolute Gasteiger partial charge is 0.133 e.